The molecule has 0 radical (unpaired) electrons. The molecule has 32 heavy (non-hydrogen) atoms. The molecular formula is C22H23F3N4O3. The third kappa shape index (κ3) is 4.40. The number of carbonyl (C=O) groups is 1. The summed E-state index contributed by atoms with van der Waals surface area (Å²) in [6.07, 6.45) is -2.53. The van der Waals surface area contributed by atoms with Crippen molar-refractivity contribution < 1.29 is 27.8 Å². The quantitative estimate of drug-likeness (QED) is 0.620. The number of halogens is 3. The van der Waals surface area contributed by atoms with Crippen LogP contribution in [0.2, 0.25) is 0 Å². The first-order chi connectivity index (χ1) is 14.9. The van der Waals surface area contributed by atoms with Crippen molar-refractivity contribution in [3.63, 3.8) is 0 Å². The van der Waals surface area contributed by atoms with Gasteiger partial charge in [-0.15, -0.1) is 0 Å². The Kier molecular flexibility index (Phi) is 6.18. The van der Waals surface area contributed by atoms with Gasteiger partial charge in [0.25, 0.3) is 11.5 Å². The molecule has 1 aromatic carbocycles. The molecule has 1 atom stereocenters. The maximum absolute atomic E-state index is 13.5. The summed E-state index contributed by atoms with van der Waals surface area (Å²) < 4.78 is 45.8. The lowest BCUT2D eigenvalue weighted by atomic mass is 9.83. The Morgan fingerprint density at radius 1 is 1.28 bits per heavy atom. The summed E-state index contributed by atoms with van der Waals surface area (Å²) in [7, 11) is 0. The first-order valence-electron chi connectivity index (χ1n) is 9.81. The second kappa shape index (κ2) is 8.41. The van der Waals surface area contributed by atoms with E-state index in [4.69, 9.17) is 16.2 Å². The molecule has 1 saturated heterocycles. The number of aryl methyl sites for hydroxylation is 1. The molecule has 170 valence electrons. The molecule has 2 aromatic rings. The first-order valence-corrected chi connectivity index (χ1v) is 9.81. The van der Waals surface area contributed by atoms with Gasteiger partial charge in [0.15, 0.2) is 11.5 Å². The number of hydrogen-bond donors (Lipinski definition) is 3. The summed E-state index contributed by atoms with van der Waals surface area (Å²) in [5, 5.41) is 10.1. The van der Waals surface area contributed by atoms with Gasteiger partial charge >= 0.3 is 6.18 Å². The van der Waals surface area contributed by atoms with Crippen LogP contribution in [-0.2, 0) is 15.1 Å². The van der Waals surface area contributed by atoms with Crippen LogP contribution in [0.4, 0.5) is 19.0 Å². The number of aliphatic hydroxyl groups is 1. The largest absolute Gasteiger partial charge is 0.430 e. The van der Waals surface area contributed by atoms with E-state index in [9.17, 15) is 23.1 Å². The number of alkyl halides is 3. The number of ether oxygens (including phenoxy) is 1. The van der Waals surface area contributed by atoms with Gasteiger partial charge in [-0.05, 0) is 44.2 Å². The van der Waals surface area contributed by atoms with E-state index in [1.807, 2.05) is 6.92 Å². The zero-order chi connectivity index (χ0) is 23.7. The topological polar surface area (TPSA) is 124 Å². The molecule has 1 unspecified atom stereocenters. The average Bonchev–Trinajstić information content (AvgIpc) is 2.72. The normalized spacial score (nSPS) is 17.7. The highest BCUT2D eigenvalue weighted by atomic mass is 19.4. The van der Waals surface area contributed by atoms with Crippen LogP contribution in [0.15, 0.2) is 24.4 Å². The number of nitrogen functional groups attached to an aromatic ring is 1. The summed E-state index contributed by atoms with van der Waals surface area (Å²) in [4.78, 5) is 20.0. The van der Waals surface area contributed by atoms with Gasteiger partial charge in [0.05, 0.1) is 11.9 Å². The van der Waals surface area contributed by atoms with Crippen LogP contribution >= 0.6 is 0 Å². The van der Waals surface area contributed by atoms with Crippen molar-refractivity contribution in [1.29, 1.82) is 0 Å². The van der Waals surface area contributed by atoms with Crippen molar-refractivity contribution in [2.75, 3.05) is 18.9 Å². The lowest BCUT2D eigenvalue weighted by Gasteiger charge is -2.28. The van der Waals surface area contributed by atoms with E-state index in [0.717, 1.165) is 25.0 Å². The van der Waals surface area contributed by atoms with Crippen LogP contribution in [0, 0.1) is 24.2 Å². The van der Waals surface area contributed by atoms with E-state index in [0.29, 0.717) is 18.8 Å². The molecule has 7 nitrogen and oxygen atoms in total. The number of anilines is 1. The van der Waals surface area contributed by atoms with Crippen molar-refractivity contribution in [2.24, 2.45) is 11.1 Å². The highest BCUT2D eigenvalue weighted by molar-refractivity contribution is 5.86. The minimum Gasteiger partial charge on any atom is -0.381 e. The standard InChI is InChI=1S/C22H23F3N4O3/c1-13-3-4-14(21(31,19(27)30)22(23,24)25)11-15(13)17-12-28-18(26)16(29-17)5-6-20(2)7-9-32-10-8-20/h3-4,11-12,31H,7-10H2,1-2H3,(H2,26,28)(H2,27,30). The maximum atomic E-state index is 13.5. The minimum atomic E-state index is -5.31. The van der Waals surface area contributed by atoms with Crippen LogP contribution in [0.3, 0.4) is 0 Å². The Hall–Kier alpha value is -3.16. The van der Waals surface area contributed by atoms with E-state index < -0.39 is 23.2 Å². The SMILES string of the molecule is Cc1ccc(C(O)(C(N)=O)C(F)(F)F)cc1-c1cnc(N)c(C#CC2(C)CCOCC2)n1. The molecular weight excluding hydrogens is 425 g/mol. The number of nitrogens with two attached hydrogens (primary N) is 2. The van der Waals surface area contributed by atoms with Crippen molar-refractivity contribution >= 4 is 11.7 Å². The molecule has 0 aliphatic carbocycles. The van der Waals surface area contributed by atoms with Gasteiger partial charge in [0.2, 0.25) is 0 Å². The van der Waals surface area contributed by atoms with Crippen LogP contribution < -0.4 is 11.5 Å². The summed E-state index contributed by atoms with van der Waals surface area (Å²) in [6, 6.07) is 3.34. The Morgan fingerprint density at radius 3 is 2.53 bits per heavy atom. The number of carbonyl (C=O) groups excluding carboxylic acids is 1. The molecule has 1 aliphatic heterocycles. The lowest BCUT2D eigenvalue weighted by molar-refractivity contribution is -0.255. The van der Waals surface area contributed by atoms with Gasteiger partial charge < -0.3 is 21.3 Å². The predicted octanol–water partition coefficient (Wildman–Crippen LogP) is 2.44. The Bertz CT molecular complexity index is 1100. The van der Waals surface area contributed by atoms with Gasteiger partial charge in [-0.25, -0.2) is 9.97 Å². The predicted molar refractivity (Wildman–Crippen MR) is 111 cm³/mol. The zero-order valence-electron chi connectivity index (χ0n) is 17.6. The van der Waals surface area contributed by atoms with Gasteiger partial charge in [-0.2, -0.15) is 13.2 Å². The Morgan fingerprint density at radius 2 is 1.94 bits per heavy atom. The third-order valence-corrected chi connectivity index (χ3v) is 5.58. The summed E-state index contributed by atoms with van der Waals surface area (Å²) >= 11 is 0. The Labute approximate surface area is 183 Å². The van der Waals surface area contributed by atoms with E-state index in [1.165, 1.54) is 12.3 Å². The van der Waals surface area contributed by atoms with Crippen LogP contribution in [-0.4, -0.2) is 40.4 Å². The van der Waals surface area contributed by atoms with Crippen LogP contribution in [0.5, 0.6) is 0 Å². The number of primary amides is 1. The van der Waals surface area contributed by atoms with Crippen molar-refractivity contribution in [3.05, 3.63) is 41.2 Å². The molecule has 0 spiro atoms. The fourth-order valence-electron chi connectivity index (χ4n) is 3.35. The first kappa shape index (κ1) is 23.5. The van der Waals surface area contributed by atoms with Gasteiger partial charge in [0.1, 0.15) is 0 Å². The number of aromatic nitrogens is 2. The molecule has 1 aliphatic rings. The molecule has 1 amide bonds. The van der Waals surface area contributed by atoms with E-state index in [1.54, 1.807) is 6.92 Å². The third-order valence-electron chi connectivity index (χ3n) is 5.58. The molecule has 1 aromatic heterocycles. The number of hydrogen-bond acceptors (Lipinski definition) is 6. The lowest BCUT2D eigenvalue weighted by Crippen LogP contribution is -2.52. The van der Waals surface area contributed by atoms with Gasteiger partial charge in [-0.3, -0.25) is 4.79 Å². The fraction of sp³-hybridized carbons (Fsp3) is 0.409. The smallest absolute Gasteiger partial charge is 0.381 e. The second-order valence-corrected chi connectivity index (χ2v) is 8.01. The molecule has 0 saturated carbocycles. The molecule has 0 bridgehead atoms. The Balaban J connectivity index is 2.07. The van der Waals surface area contributed by atoms with Crippen LogP contribution in [0.1, 0.15) is 36.6 Å². The van der Waals surface area contributed by atoms with E-state index >= 15 is 0 Å². The van der Waals surface area contributed by atoms with E-state index in [-0.39, 0.29) is 28.2 Å². The molecule has 5 N–H and O–H groups in total. The average molecular weight is 448 g/mol. The summed E-state index contributed by atoms with van der Waals surface area (Å²) in [5.41, 5.74) is 7.09. The molecule has 3 rings (SSSR count). The summed E-state index contributed by atoms with van der Waals surface area (Å²) in [6.45, 7) is 4.84. The number of amides is 1. The number of benzene rings is 1. The van der Waals surface area contributed by atoms with Crippen molar-refractivity contribution in [1.82, 2.24) is 9.97 Å². The number of rotatable bonds is 3. The monoisotopic (exact) mass is 448 g/mol. The summed E-state index contributed by atoms with van der Waals surface area (Å²) in [5.74, 6) is 4.24. The minimum absolute atomic E-state index is 0.0784. The highest BCUT2D eigenvalue weighted by Crippen LogP contribution is 2.40. The van der Waals surface area contributed by atoms with E-state index in [2.05, 4.69) is 21.8 Å². The van der Waals surface area contributed by atoms with Gasteiger partial charge in [-0.1, -0.05) is 18.1 Å². The maximum Gasteiger partial charge on any atom is 0.430 e. The van der Waals surface area contributed by atoms with Crippen LogP contribution in [0.25, 0.3) is 11.3 Å². The molecule has 10 heteroatoms. The highest BCUT2D eigenvalue weighted by Gasteiger charge is 2.60. The van der Waals surface area contributed by atoms with Gasteiger partial charge in [0, 0.05) is 29.8 Å². The molecule has 1 fully saturated rings. The number of nitrogens with zero attached hydrogens (tertiary/aromatic N) is 2. The zero-order valence-corrected chi connectivity index (χ0v) is 17.6. The second-order valence-electron chi connectivity index (χ2n) is 8.01. The van der Waals surface area contributed by atoms with Crippen molar-refractivity contribution in [3.8, 4) is 23.1 Å². The fourth-order valence-corrected chi connectivity index (χ4v) is 3.35. The molecule has 2 heterocycles. The van der Waals surface area contributed by atoms with Crippen molar-refractivity contribution in [2.45, 2.75) is 38.5 Å².